The van der Waals surface area contributed by atoms with E-state index in [9.17, 15) is 19.2 Å². The molecule has 1 aromatic rings. The maximum Gasteiger partial charge on any atom is 0.322 e. The lowest BCUT2D eigenvalue weighted by Gasteiger charge is -2.34. The maximum atomic E-state index is 12.4. The molecular weight excluding hydrogens is 352 g/mol. The van der Waals surface area contributed by atoms with E-state index in [1.54, 1.807) is 12.0 Å². The van der Waals surface area contributed by atoms with E-state index in [0.29, 0.717) is 19.6 Å². The lowest BCUT2D eigenvalue weighted by Crippen LogP contribution is -2.52. The Bertz CT molecular complexity index is 766. The molecule has 0 spiro atoms. The number of carbonyl (C=O) groups is 4. The largest absolute Gasteiger partial charge is 0.497 e. The zero-order valence-electron chi connectivity index (χ0n) is 15.1. The Hall–Kier alpha value is -3.10. The highest BCUT2D eigenvalue weighted by molar-refractivity contribution is 6.04. The average molecular weight is 374 g/mol. The zero-order valence-corrected chi connectivity index (χ0v) is 15.1. The van der Waals surface area contributed by atoms with E-state index in [1.807, 2.05) is 24.3 Å². The molecule has 2 aliphatic heterocycles. The third-order valence-electron chi connectivity index (χ3n) is 4.68. The van der Waals surface area contributed by atoms with Crippen LogP contribution in [-0.2, 0) is 20.9 Å². The number of nitrogens with zero attached hydrogens (tertiary/aromatic N) is 2. The van der Waals surface area contributed by atoms with Crippen LogP contribution < -0.4 is 15.4 Å². The number of nitrogens with one attached hydrogen (secondary N) is 2. The SMILES string of the molecule is COc1cccc(CN2CCN(C(=O)CCC3NC(=O)NC3=O)CC2=O)c1. The van der Waals surface area contributed by atoms with Gasteiger partial charge in [0.15, 0.2) is 0 Å². The molecule has 0 radical (unpaired) electrons. The van der Waals surface area contributed by atoms with Gasteiger partial charge in [-0.3, -0.25) is 19.7 Å². The molecule has 144 valence electrons. The van der Waals surface area contributed by atoms with Gasteiger partial charge in [-0.05, 0) is 24.1 Å². The predicted molar refractivity (Wildman–Crippen MR) is 94.7 cm³/mol. The highest BCUT2D eigenvalue weighted by Crippen LogP contribution is 2.16. The zero-order chi connectivity index (χ0) is 19.4. The van der Waals surface area contributed by atoms with Gasteiger partial charge in [-0.1, -0.05) is 12.1 Å². The van der Waals surface area contributed by atoms with Crippen molar-refractivity contribution in [2.45, 2.75) is 25.4 Å². The first-order valence-electron chi connectivity index (χ1n) is 8.76. The topological polar surface area (TPSA) is 108 Å². The predicted octanol–water partition coefficient (Wildman–Crippen LogP) is -0.146. The molecule has 9 nitrogen and oxygen atoms in total. The Morgan fingerprint density at radius 3 is 2.74 bits per heavy atom. The van der Waals surface area contributed by atoms with Crippen molar-refractivity contribution in [2.24, 2.45) is 0 Å². The minimum Gasteiger partial charge on any atom is -0.497 e. The molecule has 0 saturated carbocycles. The van der Waals surface area contributed by atoms with Crippen LogP contribution in [0.1, 0.15) is 18.4 Å². The monoisotopic (exact) mass is 374 g/mol. The quantitative estimate of drug-likeness (QED) is 0.674. The molecule has 5 amide bonds. The molecule has 9 heteroatoms. The van der Waals surface area contributed by atoms with E-state index in [4.69, 9.17) is 4.74 Å². The van der Waals surface area contributed by atoms with Crippen molar-refractivity contribution in [3.8, 4) is 5.75 Å². The van der Waals surface area contributed by atoms with Crippen LogP contribution in [0.15, 0.2) is 24.3 Å². The van der Waals surface area contributed by atoms with Gasteiger partial charge in [-0.2, -0.15) is 0 Å². The standard InChI is InChI=1S/C18H22N4O5/c1-27-13-4-2-3-12(9-13)10-21-7-8-22(11-16(21)24)15(23)6-5-14-17(25)20-18(26)19-14/h2-4,9,14H,5-8,10-11H2,1H3,(H2,19,20,25,26). The van der Waals surface area contributed by atoms with Gasteiger partial charge in [0.25, 0.3) is 5.91 Å². The Morgan fingerprint density at radius 2 is 2.07 bits per heavy atom. The molecule has 2 heterocycles. The molecule has 2 saturated heterocycles. The highest BCUT2D eigenvalue weighted by atomic mass is 16.5. The summed E-state index contributed by atoms with van der Waals surface area (Å²) in [6, 6.07) is 6.29. The fraction of sp³-hybridized carbons (Fsp3) is 0.444. The number of ether oxygens (including phenoxy) is 1. The van der Waals surface area contributed by atoms with Crippen molar-refractivity contribution in [2.75, 3.05) is 26.7 Å². The summed E-state index contributed by atoms with van der Waals surface area (Å²) in [5, 5.41) is 4.59. The molecule has 2 N–H and O–H groups in total. The summed E-state index contributed by atoms with van der Waals surface area (Å²) in [5.41, 5.74) is 0.963. The van der Waals surface area contributed by atoms with Gasteiger partial charge < -0.3 is 19.9 Å². The van der Waals surface area contributed by atoms with E-state index in [0.717, 1.165) is 11.3 Å². The fourth-order valence-electron chi connectivity index (χ4n) is 3.17. The summed E-state index contributed by atoms with van der Waals surface area (Å²) in [5.74, 6) is -0.00792. The molecule has 3 rings (SSSR count). The number of imide groups is 1. The Kier molecular flexibility index (Phi) is 5.58. The second-order valence-electron chi connectivity index (χ2n) is 6.54. The number of carbonyl (C=O) groups excluding carboxylic acids is 4. The number of piperazine rings is 1. The Balaban J connectivity index is 1.49. The van der Waals surface area contributed by atoms with Crippen LogP contribution in [0.5, 0.6) is 5.75 Å². The average Bonchev–Trinajstić information content (AvgIpc) is 2.98. The maximum absolute atomic E-state index is 12.4. The molecular formula is C18H22N4O5. The van der Waals surface area contributed by atoms with E-state index in [1.165, 1.54) is 4.90 Å². The first kappa shape index (κ1) is 18.7. The van der Waals surface area contributed by atoms with E-state index in [-0.39, 0.29) is 31.2 Å². The van der Waals surface area contributed by atoms with E-state index >= 15 is 0 Å². The van der Waals surface area contributed by atoms with Crippen LogP contribution in [-0.4, -0.2) is 66.3 Å². The van der Waals surface area contributed by atoms with Gasteiger partial charge in [-0.25, -0.2) is 4.79 Å². The minimum absolute atomic E-state index is 0.0199. The van der Waals surface area contributed by atoms with Crippen LogP contribution in [0.2, 0.25) is 0 Å². The van der Waals surface area contributed by atoms with Gasteiger partial charge in [-0.15, -0.1) is 0 Å². The summed E-state index contributed by atoms with van der Waals surface area (Å²) < 4.78 is 5.19. The van der Waals surface area contributed by atoms with Crippen molar-refractivity contribution >= 4 is 23.8 Å². The minimum atomic E-state index is -0.688. The second kappa shape index (κ2) is 8.07. The number of hydrogen-bond acceptors (Lipinski definition) is 5. The smallest absolute Gasteiger partial charge is 0.322 e. The van der Waals surface area contributed by atoms with Gasteiger partial charge >= 0.3 is 6.03 Å². The number of benzene rings is 1. The summed E-state index contributed by atoms with van der Waals surface area (Å²) in [6.45, 7) is 1.37. The molecule has 2 fully saturated rings. The van der Waals surface area contributed by atoms with Crippen molar-refractivity contribution in [3.63, 3.8) is 0 Å². The number of urea groups is 1. The van der Waals surface area contributed by atoms with Crippen molar-refractivity contribution in [3.05, 3.63) is 29.8 Å². The van der Waals surface area contributed by atoms with Crippen LogP contribution in [0.4, 0.5) is 4.79 Å². The molecule has 1 aromatic carbocycles. The molecule has 1 atom stereocenters. The molecule has 0 aliphatic carbocycles. The van der Waals surface area contributed by atoms with Gasteiger partial charge in [0.05, 0.1) is 13.7 Å². The summed E-state index contributed by atoms with van der Waals surface area (Å²) in [6.07, 6.45) is 0.316. The number of rotatable bonds is 6. The van der Waals surface area contributed by atoms with Crippen LogP contribution >= 0.6 is 0 Å². The van der Waals surface area contributed by atoms with Gasteiger partial charge in [0.2, 0.25) is 11.8 Å². The van der Waals surface area contributed by atoms with Gasteiger partial charge in [0, 0.05) is 26.1 Å². The lowest BCUT2D eigenvalue weighted by atomic mass is 10.1. The van der Waals surface area contributed by atoms with Crippen molar-refractivity contribution in [1.82, 2.24) is 20.4 Å². The number of hydrogen-bond donors (Lipinski definition) is 2. The normalized spacial score (nSPS) is 19.7. The van der Waals surface area contributed by atoms with Crippen molar-refractivity contribution in [1.29, 1.82) is 0 Å². The third-order valence-corrected chi connectivity index (χ3v) is 4.68. The molecule has 1 unspecified atom stereocenters. The van der Waals surface area contributed by atoms with E-state index < -0.39 is 18.0 Å². The molecule has 0 bridgehead atoms. The lowest BCUT2D eigenvalue weighted by molar-refractivity contribution is -0.145. The highest BCUT2D eigenvalue weighted by Gasteiger charge is 2.31. The fourth-order valence-corrected chi connectivity index (χ4v) is 3.17. The first-order chi connectivity index (χ1) is 13.0. The van der Waals surface area contributed by atoms with Gasteiger partial charge in [0.1, 0.15) is 11.8 Å². The Morgan fingerprint density at radius 1 is 1.26 bits per heavy atom. The molecule has 2 aliphatic rings. The van der Waals surface area contributed by atoms with Crippen molar-refractivity contribution < 1.29 is 23.9 Å². The second-order valence-corrected chi connectivity index (χ2v) is 6.54. The number of amides is 5. The molecule has 27 heavy (non-hydrogen) atoms. The van der Waals surface area contributed by atoms with E-state index in [2.05, 4.69) is 10.6 Å². The number of methoxy groups -OCH3 is 1. The van der Waals surface area contributed by atoms with Crippen LogP contribution in [0.3, 0.4) is 0 Å². The molecule has 0 aromatic heterocycles. The first-order valence-corrected chi connectivity index (χ1v) is 8.76. The van der Waals surface area contributed by atoms with Crippen LogP contribution in [0.25, 0.3) is 0 Å². The summed E-state index contributed by atoms with van der Waals surface area (Å²) >= 11 is 0. The third kappa shape index (κ3) is 4.55. The Labute approximate surface area is 156 Å². The van der Waals surface area contributed by atoms with Crippen LogP contribution in [0, 0.1) is 0 Å². The summed E-state index contributed by atoms with van der Waals surface area (Å²) in [7, 11) is 1.59. The summed E-state index contributed by atoms with van der Waals surface area (Å²) in [4.78, 5) is 50.5.